The number of fused-ring (bicyclic) bond motifs is 2. The molecule has 2 atom stereocenters. The maximum absolute atomic E-state index is 11.2. The molecule has 104 valence electrons. The predicted octanol–water partition coefficient (Wildman–Crippen LogP) is 0.967. The van der Waals surface area contributed by atoms with Crippen molar-refractivity contribution in [2.75, 3.05) is 18.0 Å². The molecule has 3 rings (SSSR count). The number of imidazole rings is 1. The summed E-state index contributed by atoms with van der Waals surface area (Å²) in [4.78, 5) is 17.0. The summed E-state index contributed by atoms with van der Waals surface area (Å²) in [6, 6.07) is 1.02. The van der Waals surface area contributed by atoms with Gasteiger partial charge in [0.1, 0.15) is 0 Å². The van der Waals surface area contributed by atoms with Crippen LogP contribution in [-0.4, -0.2) is 39.6 Å². The molecule has 7 heteroatoms. The Morgan fingerprint density at radius 2 is 2.11 bits per heavy atom. The monoisotopic (exact) mass is 265 g/mol. The molecule has 0 spiro atoms. The Labute approximate surface area is 111 Å². The first-order valence-electron chi connectivity index (χ1n) is 6.75. The van der Waals surface area contributed by atoms with Crippen LogP contribution >= 0.6 is 0 Å². The van der Waals surface area contributed by atoms with Crippen LogP contribution in [0.5, 0.6) is 0 Å². The Balaban J connectivity index is 1.95. The summed E-state index contributed by atoms with van der Waals surface area (Å²) in [5.41, 5.74) is 0. The minimum absolute atomic E-state index is 0.0160. The largest absolute Gasteiger partial charge is 0.406 e. The minimum atomic E-state index is -0.376. The molecule has 2 aliphatic heterocycles. The van der Waals surface area contributed by atoms with Crippen molar-refractivity contribution in [3.05, 3.63) is 15.9 Å². The molecule has 2 fully saturated rings. The molecule has 0 amide bonds. The lowest BCUT2D eigenvalue weighted by atomic mass is 10.1. The Hall–Kier alpha value is -1.63. The second-order valence-electron chi connectivity index (χ2n) is 5.49. The number of anilines is 1. The van der Waals surface area contributed by atoms with Gasteiger partial charge in [-0.05, 0) is 29.2 Å². The van der Waals surface area contributed by atoms with Gasteiger partial charge in [-0.15, -0.1) is 0 Å². The molecule has 2 bridgehead atoms. The Morgan fingerprint density at radius 1 is 1.37 bits per heavy atom. The van der Waals surface area contributed by atoms with Crippen molar-refractivity contribution in [2.45, 2.75) is 38.3 Å². The van der Waals surface area contributed by atoms with E-state index in [0.717, 1.165) is 25.9 Å². The number of aryl methyl sites for hydroxylation is 1. The van der Waals surface area contributed by atoms with Gasteiger partial charge in [0.05, 0.1) is 0 Å². The molecule has 0 radical (unpaired) electrons. The average molecular weight is 265 g/mol. The Kier molecular flexibility index (Phi) is 2.93. The molecule has 2 unspecified atom stereocenters. The van der Waals surface area contributed by atoms with Gasteiger partial charge in [0.15, 0.2) is 0 Å². The Morgan fingerprint density at radius 3 is 2.84 bits per heavy atom. The van der Waals surface area contributed by atoms with Crippen molar-refractivity contribution in [1.29, 1.82) is 0 Å². The number of aromatic nitrogens is 2. The number of hydrogen-bond acceptors (Lipinski definition) is 5. The van der Waals surface area contributed by atoms with Crippen molar-refractivity contribution in [3.63, 3.8) is 0 Å². The summed E-state index contributed by atoms with van der Waals surface area (Å²) >= 11 is 0. The van der Waals surface area contributed by atoms with Crippen LogP contribution < -0.4 is 10.2 Å². The van der Waals surface area contributed by atoms with Crippen LogP contribution in [0.3, 0.4) is 0 Å². The number of rotatable bonds is 2. The standard InChI is InChI=1S/C12H19N5O2/c1-8-13-11(17(18)19)12(15(8)2)16-6-5-9-3-4-10(7-16)14-9/h9-10,14H,3-7H2,1-2H3. The van der Waals surface area contributed by atoms with Gasteiger partial charge in [-0.3, -0.25) is 4.57 Å². The van der Waals surface area contributed by atoms with Crippen LogP contribution in [0.25, 0.3) is 0 Å². The number of nitrogens with one attached hydrogen (secondary N) is 1. The molecular formula is C12H19N5O2. The lowest BCUT2D eigenvalue weighted by molar-refractivity contribution is -0.388. The van der Waals surface area contributed by atoms with Gasteiger partial charge in [0.25, 0.3) is 0 Å². The van der Waals surface area contributed by atoms with Gasteiger partial charge in [-0.1, -0.05) is 0 Å². The quantitative estimate of drug-likeness (QED) is 0.637. The lowest BCUT2D eigenvalue weighted by Gasteiger charge is -2.25. The molecule has 7 nitrogen and oxygen atoms in total. The molecule has 1 N–H and O–H groups in total. The zero-order chi connectivity index (χ0) is 13.6. The summed E-state index contributed by atoms with van der Waals surface area (Å²) in [6.45, 7) is 3.49. The van der Waals surface area contributed by atoms with Crippen LogP contribution in [0.4, 0.5) is 11.6 Å². The number of nitrogens with zero attached hydrogens (tertiary/aromatic N) is 4. The van der Waals surface area contributed by atoms with Crippen LogP contribution in [0, 0.1) is 17.0 Å². The van der Waals surface area contributed by atoms with E-state index >= 15 is 0 Å². The Bertz CT molecular complexity index is 512. The fraction of sp³-hybridized carbons (Fsp3) is 0.750. The molecule has 0 aromatic carbocycles. The van der Waals surface area contributed by atoms with Crippen molar-refractivity contribution in [1.82, 2.24) is 14.9 Å². The first kappa shape index (κ1) is 12.4. The molecule has 2 saturated heterocycles. The summed E-state index contributed by atoms with van der Waals surface area (Å²) in [6.07, 6.45) is 3.43. The van der Waals surface area contributed by atoms with Gasteiger partial charge < -0.3 is 20.3 Å². The van der Waals surface area contributed by atoms with E-state index in [1.807, 2.05) is 11.6 Å². The van der Waals surface area contributed by atoms with E-state index in [0.29, 0.717) is 23.7 Å². The van der Waals surface area contributed by atoms with Crippen molar-refractivity contribution in [2.24, 2.45) is 7.05 Å². The topological polar surface area (TPSA) is 76.2 Å². The molecule has 2 aliphatic rings. The summed E-state index contributed by atoms with van der Waals surface area (Å²) in [7, 11) is 1.85. The summed E-state index contributed by atoms with van der Waals surface area (Å²) in [5, 5.41) is 14.7. The van der Waals surface area contributed by atoms with E-state index in [9.17, 15) is 10.1 Å². The van der Waals surface area contributed by atoms with E-state index in [-0.39, 0.29) is 10.7 Å². The van der Waals surface area contributed by atoms with E-state index in [1.54, 1.807) is 6.92 Å². The van der Waals surface area contributed by atoms with Crippen molar-refractivity contribution >= 4 is 11.6 Å². The molecule has 0 saturated carbocycles. The summed E-state index contributed by atoms with van der Waals surface area (Å²) < 4.78 is 1.83. The van der Waals surface area contributed by atoms with Crippen LogP contribution in [0.15, 0.2) is 0 Å². The van der Waals surface area contributed by atoms with Gasteiger partial charge in [0.2, 0.25) is 11.6 Å². The van der Waals surface area contributed by atoms with E-state index in [2.05, 4.69) is 15.2 Å². The highest BCUT2D eigenvalue weighted by atomic mass is 16.6. The summed E-state index contributed by atoms with van der Waals surface area (Å²) in [5.74, 6) is 1.32. The number of nitro groups is 1. The third-order valence-electron chi connectivity index (χ3n) is 4.27. The fourth-order valence-electron chi connectivity index (χ4n) is 3.19. The van der Waals surface area contributed by atoms with Crippen LogP contribution in [-0.2, 0) is 7.05 Å². The maximum atomic E-state index is 11.2. The fourth-order valence-corrected chi connectivity index (χ4v) is 3.19. The first-order valence-corrected chi connectivity index (χ1v) is 6.75. The number of hydrogen-bond donors (Lipinski definition) is 1. The van der Waals surface area contributed by atoms with Gasteiger partial charge >= 0.3 is 5.82 Å². The van der Waals surface area contributed by atoms with E-state index < -0.39 is 0 Å². The van der Waals surface area contributed by atoms with Gasteiger partial charge in [0, 0.05) is 39.1 Å². The normalized spacial score (nSPS) is 26.5. The van der Waals surface area contributed by atoms with Gasteiger partial charge in [-0.25, -0.2) is 0 Å². The first-order chi connectivity index (χ1) is 9.06. The molecular weight excluding hydrogens is 246 g/mol. The second kappa shape index (κ2) is 4.48. The zero-order valence-electron chi connectivity index (χ0n) is 11.3. The zero-order valence-corrected chi connectivity index (χ0v) is 11.3. The SMILES string of the molecule is Cc1nc([N+](=O)[O-])c(N2CCC3CCC(C2)N3)n1C. The van der Waals surface area contributed by atoms with E-state index in [1.165, 1.54) is 6.42 Å². The maximum Gasteiger partial charge on any atom is 0.406 e. The van der Waals surface area contributed by atoms with Crippen LogP contribution in [0.2, 0.25) is 0 Å². The molecule has 19 heavy (non-hydrogen) atoms. The molecule has 1 aromatic heterocycles. The third kappa shape index (κ3) is 2.07. The van der Waals surface area contributed by atoms with Crippen molar-refractivity contribution < 1.29 is 4.92 Å². The highest BCUT2D eigenvalue weighted by Gasteiger charge is 2.34. The highest BCUT2D eigenvalue weighted by Crippen LogP contribution is 2.31. The van der Waals surface area contributed by atoms with E-state index in [4.69, 9.17) is 0 Å². The average Bonchev–Trinajstić information content (AvgIpc) is 2.83. The molecule has 1 aromatic rings. The second-order valence-corrected chi connectivity index (χ2v) is 5.49. The minimum Gasteiger partial charge on any atom is -0.358 e. The molecule has 3 heterocycles. The van der Waals surface area contributed by atoms with Crippen LogP contribution in [0.1, 0.15) is 25.1 Å². The molecule has 0 aliphatic carbocycles. The van der Waals surface area contributed by atoms with Crippen molar-refractivity contribution in [3.8, 4) is 0 Å². The predicted molar refractivity (Wildman–Crippen MR) is 71.4 cm³/mol. The highest BCUT2D eigenvalue weighted by molar-refractivity contribution is 5.56. The smallest absolute Gasteiger partial charge is 0.358 e. The van der Waals surface area contributed by atoms with Gasteiger partial charge in [-0.2, -0.15) is 0 Å². The lowest BCUT2D eigenvalue weighted by Crippen LogP contribution is -2.36. The third-order valence-corrected chi connectivity index (χ3v) is 4.27.